The van der Waals surface area contributed by atoms with Crippen LogP contribution in [0.15, 0.2) is 47.4 Å². The Labute approximate surface area is 175 Å². The third kappa shape index (κ3) is 4.95. The molecule has 0 saturated carbocycles. The molecular formula is C20H21ClN4O3S. The number of nitrogens with one attached hydrogen (secondary N) is 1. The highest BCUT2D eigenvalue weighted by Gasteiger charge is 2.30. The molecule has 0 bridgehead atoms. The molecule has 0 aromatic heterocycles. The SMILES string of the molecule is Cc1ccc(NC(=O)CN2CCN(S(=O)(=O)c3ccccc3C#N)CC2)c(Cl)c1. The summed E-state index contributed by atoms with van der Waals surface area (Å²) in [5, 5.41) is 12.4. The fraction of sp³-hybridized carbons (Fsp3) is 0.300. The van der Waals surface area contributed by atoms with Gasteiger partial charge in [-0.1, -0.05) is 29.8 Å². The lowest BCUT2D eigenvalue weighted by Gasteiger charge is -2.33. The van der Waals surface area contributed by atoms with Crippen LogP contribution in [0.25, 0.3) is 0 Å². The second-order valence-corrected chi connectivity index (χ2v) is 9.13. The molecule has 1 N–H and O–H groups in total. The summed E-state index contributed by atoms with van der Waals surface area (Å²) in [5.74, 6) is -0.207. The molecule has 1 heterocycles. The Morgan fingerprint density at radius 3 is 2.52 bits per heavy atom. The smallest absolute Gasteiger partial charge is 0.244 e. The van der Waals surface area contributed by atoms with E-state index in [0.717, 1.165) is 5.56 Å². The third-order valence-corrected chi connectivity index (χ3v) is 6.99. The fourth-order valence-electron chi connectivity index (χ4n) is 3.17. The maximum atomic E-state index is 12.9. The molecule has 29 heavy (non-hydrogen) atoms. The number of benzene rings is 2. The van der Waals surface area contributed by atoms with Crippen molar-refractivity contribution in [2.24, 2.45) is 0 Å². The van der Waals surface area contributed by atoms with Crippen LogP contribution in [0, 0.1) is 18.3 Å². The summed E-state index contributed by atoms with van der Waals surface area (Å²) < 4.78 is 27.1. The minimum absolute atomic E-state index is 0.0164. The number of amides is 1. The molecule has 9 heteroatoms. The summed E-state index contributed by atoms with van der Waals surface area (Å²) in [5.41, 5.74) is 1.68. The van der Waals surface area contributed by atoms with Crippen molar-refractivity contribution in [1.82, 2.24) is 9.21 Å². The minimum Gasteiger partial charge on any atom is -0.324 e. The lowest BCUT2D eigenvalue weighted by atomic mass is 10.2. The Balaban J connectivity index is 1.59. The summed E-state index contributed by atoms with van der Waals surface area (Å²) in [6, 6.07) is 13.5. The van der Waals surface area contributed by atoms with E-state index in [0.29, 0.717) is 23.8 Å². The van der Waals surface area contributed by atoms with Crippen LogP contribution in [0.5, 0.6) is 0 Å². The first-order valence-electron chi connectivity index (χ1n) is 9.09. The molecule has 7 nitrogen and oxygen atoms in total. The van der Waals surface area contributed by atoms with Crippen molar-refractivity contribution in [2.75, 3.05) is 38.0 Å². The van der Waals surface area contributed by atoms with Crippen molar-refractivity contribution in [1.29, 1.82) is 5.26 Å². The molecule has 0 radical (unpaired) electrons. The zero-order chi connectivity index (χ0) is 21.0. The molecule has 1 aliphatic heterocycles. The van der Waals surface area contributed by atoms with Crippen LogP contribution >= 0.6 is 11.6 Å². The monoisotopic (exact) mass is 432 g/mol. The topological polar surface area (TPSA) is 93.5 Å². The number of halogens is 1. The molecule has 1 saturated heterocycles. The fourth-order valence-corrected chi connectivity index (χ4v) is 5.01. The minimum atomic E-state index is -3.75. The summed E-state index contributed by atoms with van der Waals surface area (Å²) in [6.45, 7) is 3.40. The predicted octanol–water partition coefficient (Wildman–Crippen LogP) is 2.47. The summed E-state index contributed by atoms with van der Waals surface area (Å²) in [6.07, 6.45) is 0. The van der Waals surface area contributed by atoms with Crippen molar-refractivity contribution in [3.63, 3.8) is 0 Å². The van der Waals surface area contributed by atoms with Gasteiger partial charge in [0, 0.05) is 26.2 Å². The number of rotatable bonds is 5. The van der Waals surface area contributed by atoms with Crippen LogP contribution in [0.3, 0.4) is 0 Å². The number of carbonyl (C=O) groups excluding carboxylic acids is 1. The molecule has 152 valence electrons. The van der Waals surface area contributed by atoms with Gasteiger partial charge in [-0.05, 0) is 36.8 Å². The van der Waals surface area contributed by atoms with Gasteiger partial charge < -0.3 is 5.32 Å². The Kier molecular flexibility index (Phi) is 6.55. The first-order chi connectivity index (χ1) is 13.8. The maximum absolute atomic E-state index is 12.9. The van der Waals surface area contributed by atoms with Crippen molar-refractivity contribution >= 4 is 33.2 Å². The number of nitrogens with zero attached hydrogens (tertiary/aromatic N) is 3. The number of hydrogen-bond acceptors (Lipinski definition) is 5. The molecule has 2 aromatic rings. The highest BCUT2D eigenvalue weighted by Crippen LogP contribution is 2.23. The van der Waals surface area contributed by atoms with Gasteiger partial charge in [-0.15, -0.1) is 0 Å². The third-order valence-electron chi connectivity index (χ3n) is 4.72. The van der Waals surface area contributed by atoms with Crippen molar-refractivity contribution in [2.45, 2.75) is 11.8 Å². The first kappa shape index (κ1) is 21.3. The predicted molar refractivity (Wildman–Crippen MR) is 111 cm³/mol. The Morgan fingerprint density at radius 2 is 1.86 bits per heavy atom. The summed E-state index contributed by atoms with van der Waals surface area (Å²) in [4.78, 5) is 14.2. The van der Waals surface area contributed by atoms with E-state index in [2.05, 4.69) is 5.32 Å². The lowest BCUT2D eigenvalue weighted by molar-refractivity contribution is -0.117. The molecule has 1 aliphatic rings. The van der Waals surface area contributed by atoms with E-state index in [4.69, 9.17) is 11.6 Å². The van der Waals surface area contributed by atoms with E-state index >= 15 is 0 Å². The summed E-state index contributed by atoms with van der Waals surface area (Å²) in [7, 11) is -3.75. The first-order valence-corrected chi connectivity index (χ1v) is 10.9. The van der Waals surface area contributed by atoms with Crippen LogP contribution in [-0.4, -0.2) is 56.3 Å². The molecule has 1 amide bonds. The van der Waals surface area contributed by atoms with E-state index in [-0.39, 0.29) is 36.0 Å². The van der Waals surface area contributed by atoms with Crippen LogP contribution < -0.4 is 5.32 Å². The molecular weight excluding hydrogens is 412 g/mol. The van der Waals surface area contributed by atoms with Crippen LogP contribution in [0.4, 0.5) is 5.69 Å². The van der Waals surface area contributed by atoms with Gasteiger partial charge >= 0.3 is 0 Å². The molecule has 2 aromatic carbocycles. The van der Waals surface area contributed by atoms with Gasteiger partial charge in [0.2, 0.25) is 15.9 Å². The number of aryl methyl sites for hydroxylation is 1. The van der Waals surface area contributed by atoms with E-state index in [1.54, 1.807) is 24.3 Å². The number of nitriles is 1. The van der Waals surface area contributed by atoms with Crippen molar-refractivity contribution in [3.8, 4) is 6.07 Å². The van der Waals surface area contributed by atoms with Crippen LogP contribution in [0.2, 0.25) is 5.02 Å². The molecule has 0 aliphatic carbocycles. The van der Waals surface area contributed by atoms with E-state index < -0.39 is 10.0 Å². The molecule has 0 spiro atoms. The Bertz CT molecular complexity index is 1060. The quantitative estimate of drug-likeness (QED) is 0.783. The van der Waals surface area contributed by atoms with Gasteiger partial charge in [-0.25, -0.2) is 8.42 Å². The molecule has 0 atom stereocenters. The lowest BCUT2D eigenvalue weighted by Crippen LogP contribution is -2.50. The number of anilines is 1. The molecule has 3 rings (SSSR count). The van der Waals surface area contributed by atoms with Gasteiger partial charge in [0.1, 0.15) is 6.07 Å². The van der Waals surface area contributed by atoms with E-state index in [1.165, 1.54) is 16.4 Å². The number of sulfonamides is 1. The number of carbonyl (C=O) groups is 1. The van der Waals surface area contributed by atoms with Crippen molar-refractivity contribution in [3.05, 3.63) is 58.6 Å². The largest absolute Gasteiger partial charge is 0.324 e. The van der Waals surface area contributed by atoms with Gasteiger partial charge in [0.25, 0.3) is 0 Å². The van der Waals surface area contributed by atoms with Crippen LogP contribution in [-0.2, 0) is 14.8 Å². The standard InChI is InChI=1S/C20H21ClN4O3S/c1-15-6-7-18(17(21)12-15)23-20(26)14-24-8-10-25(11-9-24)29(27,28)19-5-3-2-4-16(19)13-22/h2-7,12H,8-11,14H2,1H3,(H,23,26). The average molecular weight is 433 g/mol. The van der Waals surface area contributed by atoms with Crippen LogP contribution in [0.1, 0.15) is 11.1 Å². The highest BCUT2D eigenvalue weighted by atomic mass is 35.5. The average Bonchev–Trinajstić information content (AvgIpc) is 2.70. The van der Waals surface area contributed by atoms with E-state index in [9.17, 15) is 18.5 Å². The summed E-state index contributed by atoms with van der Waals surface area (Å²) >= 11 is 6.14. The molecule has 1 fully saturated rings. The van der Waals surface area contributed by atoms with Gasteiger partial charge in [0.15, 0.2) is 0 Å². The normalized spacial score (nSPS) is 15.6. The molecule has 0 unspecified atom stereocenters. The zero-order valence-corrected chi connectivity index (χ0v) is 17.5. The zero-order valence-electron chi connectivity index (χ0n) is 15.9. The maximum Gasteiger partial charge on any atom is 0.244 e. The second kappa shape index (κ2) is 8.93. The Hall–Kier alpha value is -2.44. The Morgan fingerprint density at radius 1 is 1.17 bits per heavy atom. The second-order valence-electron chi connectivity index (χ2n) is 6.82. The highest BCUT2D eigenvalue weighted by molar-refractivity contribution is 7.89. The van der Waals surface area contributed by atoms with Gasteiger partial charge in [0.05, 0.1) is 27.7 Å². The van der Waals surface area contributed by atoms with Crippen molar-refractivity contribution < 1.29 is 13.2 Å². The van der Waals surface area contributed by atoms with Gasteiger partial charge in [-0.2, -0.15) is 9.57 Å². The number of piperazine rings is 1. The van der Waals surface area contributed by atoms with Gasteiger partial charge in [-0.3, -0.25) is 9.69 Å². The van der Waals surface area contributed by atoms with E-state index in [1.807, 2.05) is 24.0 Å². The number of hydrogen-bond donors (Lipinski definition) is 1.